The van der Waals surface area contributed by atoms with Crippen molar-refractivity contribution in [2.24, 2.45) is 0 Å². The van der Waals surface area contributed by atoms with Crippen LogP contribution < -0.4 is 0 Å². The fourth-order valence-corrected chi connectivity index (χ4v) is 0.710. The Labute approximate surface area is 68.4 Å². The minimum atomic E-state index is -0.707. The highest BCUT2D eigenvalue weighted by molar-refractivity contribution is 9.09. The third-order valence-electron chi connectivity index (χ3n) is 1.35. The summed E-state index contributed by atoms with van der Waals surface area (Å²) < 4.78 is 10.0. The summed E-state index contributed by atoms with van der Waals surface area (Å²) in [6.07, 6.45) is -0.707. The smallest absolute Gasteiger partial charge is 0.164 e. The zero-order valence-electron chi connectivity index (χ0n) is 5.84. The Kier molecular flexibility index (Phi) is 2.68. The highest BCUT2D eigenvalue weighted by Gasteiger charge is 2.39. The minimum Gasteiger partial charge on any atom is -0.367 e. The summed E-state index contributed by atoms with van der Waals surface area (Å²) in [5.41, 5.74) is -0.122. The Morgan fingerprint density at radius 2 is 2.50 bits per heavy atom. The summed E-state index contributed by atoms with van der Waals surface area (Å²) in [5, 5.41) is 9.37. The van der Waals surface area contributed by atoms with Crippen LogP contribution in [-0.4, -0.2) is 35.5 Å². The molecule has 1 aliphatic rings. The van der Waals surface area contributed by atoms with Gasteiger partial charge in [0.15, 0.2) is 6.29 Å². The maximum Gasteiger partial charge on any atom is 0.164 e. The lowest BCUT2D eigenvalue weighted by molar-refractivity contribution is -0.0941. The fraction of sp³-hybridized carbons (Fsp3) is 1.00. The first-order valence-corrected chi connectivity index (χ1v) is 4.28. The van der Waals surface area contributed by atoms with Crippen LogP contribution >= 0.6 is 15.9 Å². The molecule has 4 heteroatoms. The van der Waals surface area contributed by atoms with Crippen molar-refractivity contribution < 1.29 is 14.6 Å². The van der Waals surface area contributed by atoms with Gasteiger partial charge in [0.2, 0.25) is 0 Å². The summed E-state index contributed by atoms with van der Waals surface area (Å²) in [7, 11) is 0. The van der Waals surface area contributed by atoms with Crippen molar-refractivity contribution in [1.29, 1.82) is 0 Å². The summed E-state index contributed by atoms with van der Waals surface area (Å²) in [6.45, 7) is 3.16. The largest absolute Gasteiger partial charge is 0.367 e. The molecular formula is C6H11BrO3. The van der Waals surface area contributed by atoms with Gasteiger partial charge >= 0.3 is 0 Å². The quantitative estimate of drug-likeness (QED) is 0.418. The van der Waals surface area contributed by atoms with E-state index in [2.05, 4.69) is 15.9 Å². The zero-order chi connectivity index (χ0) is 7.61. The fourth-order valence-electron chi connectivity index (χ4n) is 0.524. The molecule has 2 unspecified atom stereocenters. The van der Waals surface area contributed by atoms with Crippen molar-refractivity contribution in [2.75, 3.05) is 18.5 Å². The molecule has 3 nitrogen and oxygen atoms in total. The van der Waals surface area contributed by atoms with Crippen LogP contribution in [0.5, 0.6) is 0 Å². The average molecular weight is 211 g/mol. The highest BCUT2D eigenvalue weighted by atomic mass is 79.9. The molecular weight excluding hydrogens is 200 g/mol. The molecule has 0 aromatic heterocycles. The molecule has 0 aromatic carbocycles. The van der Waals surface area contributed by atoms with Gasteiger partial charge in [0.25, 0.3) is 0 Å². The van der Waals surface area contributed by atoms with Crippen molar-refractivity contribution in [1.82, 2.24) is 0 Å². The Hall–Kier alpha value is 0.360. The van der Waals surface area contributed by atoms with Gasteiger partial charge in [-0.2, -0.15) is 0 Å². The summed E-state index contributed by atoms with van der Waals surface area (Å²) in [6, 6.07) is 0. The Bertz CT molecular complexity index is 114. The van der Waals surface area contributed by atoms with Gasteiger partial charge < -0.3 is 14.6 Å². The molecule has 1 saturated heterocycles. The number of alkyl halides is 1. The number of rotatable bonds is 4. The zero-order valence-corrected chi connectivity index (χ0v) is 7.43. The lowest BCUT2D eigenvalue weighted by atomic mass is 10.2. The number of hydrogen-bond acceptors (Lipinski definition) is 3. The standard InChI is InChI=1S/C6H11BrO3/c1-6(4-10-6)3-9-5(8)2-7/h5,8H,2-4H2,1H3. The lowest BCUT2D eigenvalue weighted by Gasteiger charge is -2.10. The van der Waals surface area contributed by atoms with Crippen molar-refractivity contribution in [3.8, 4) is 0 Å². The SMILES string of the molecule is CC1(COC(O)CBr)CO1. The molecule has 60 valence electrons. The average Bonchev–Trinajstić information content (AvgIpc) is 2.64. The molecule has 2 atom stereocenters. The first-order valence-electron chi connectivity index (χ1n) is 3.16. The van der Waals surface area contributed by atoms with Gasteiger partial charge in [0.1, 0.15) is 5.60 Å². The van der Waals surface area contributed by atoms with Gasteiger partial charge in [-0.05, 0) is 6.92 Å². The lowest BCUT2D eigenvalue weighted by Crippen LogP contribution is -2.22. The predicted octanol–water partition coefficient (Wildman–Crippen LogP) is 0.505. The molecule has 1 N–H and O–H groups in total. The third kappa shape index (κ3) is 2.54. The predicted molar refractivity (Wildman–Crippen MR) is 40.1 cm³/mol. The molecule has 0 radical (unpaired) electrons. The number of aliphatic hydroxyl groups is 1. The number of epoxide rings is 1. The van der Waals surface area contributed by atoms with Crippen LogP contribution in [-0.2, 0) is 9.47 Å². The second-order valence-corrected chi connectivity index (χ2v) is 3.31. The van der Waals surface area contributed by atoms with Gasteiger partial charge in [-0.15, -0.1) is 0 Å². The number of ether oxygens (including phenoxy) is 2. The van der Waals surface area contributed by atoms with E-state index in [0.717, 1.165) is 6.61 Å². The molecule has 1 rings (SSSR count). The topological polar surface area (TPSA) is 42.0 Å². The molecule has 0 bridgehead atoms. The van der Waals surface area contributed by atoms with E-state index in [1.165, 1.54) is 0 Å². The Morgan fingerprint density at radius 3 is 2.90 bits per heavy atom. The molecule has 0 spiro atoms. The molecule has 0 aliphatic carbocycles. The van der Waals surface area contributed by atoms with Crippen molar-refractivity contribution in [3.05, 3.63) is 0 Å². The van der Waals surface area contributed by atoms with Crippen LogP contribution in [0.1, 0.15) is 6.92 Å². The van der Waals surface area contributed by atoms with E-state index < -0.39 is 6.29 Å². The first-order chi connectivity index (χ1) is 4.66. The van der Waals surface area contributed by atoms with Crippen LogP contribution in [0.25, 0.3) is 0 Å². The highest BCUT2D eigenvalue weighted by Crippen LogP contribution is 2.26. The summed E-state index contributed by atoms with van der Waals surface area (Å²) in [5.74, 6) is 0. The molecule has 0 amide bonds. The van der Waals surface area contributed by atoms with E-state index >= 15 is 0 Å². The van der Waals surface area contributed by atoms with E-state index in [0.29, 0.717) is 11.9 Å². The van der Waals surface area contributed by atoms with E-state index in [4.69, 9.17) is 14.6 Å². The molecule has 0 saturated carbocycles. The van der Waals surface area contributed by atoms with E-state index in [1.807, 2.05) is 6.92 Å². The number of hydrogen-bond donors (Lipinski definition) is 1. The van der Waals surface area contributed by atoms with E-state index in [1.54, 1.807) is 0 Å². The second kappa shape index (κ2) is 3.17. The molecule has 1 heterocycles. The van der Waals surface area contributed by atoms with Gasteiger partial charge in [-0.1, -0.05) is 15.9 Å². The summed E-state index contributed by atoms with van der Waals surface area (Å²) in [4.78, 5) is 0. The van der Waals surface area contributed by atoms with Gasteiger partial charge in [-0.25, -0.2) is 0 Å². The molecule has 1 aliphatic heterocycles. The summed E-state index contributed by atoms with van der Waals surface area (Å²) >= 11 is 3.09. The van der Waals surface area contributed by atoms with Crippen molar-refractivity contribution in [3.63, 3.8) is 0 Å². The number of halogens is 1. The van der Waals surface area contributed by atoms with Gasteiger partial charge in [0, 0.05) is 0 Å². The van der Waals surface area contributed by atoms with Crippen LogP contribution in [0.3, 0.4) is 0 Å². The normalized spacial score (nSPS) is 33.9. The molecule has 10 heavy (non-hydrogen) atoms. The second-order valence-electron chi connectivity index (χ2n) is 2.66. The maximum absolute atomic E-state index is 8.92. The van der Waals surface area contributed by atoms with Gasteiger partial charge in [0.05, 0.1) is 18.5 Å². The van der Waals surface area contributed by atoms with Crippen molar-refractivity contribution in [2.45, 2.75) is 18.8 Å². The first kappa shape index (κ1) is 8.46. The minimum absolute atomic E-state index is 0.122. The number of aliphatic hydroxyl groups excluding tert-OH is 1. The molecule has 1 fully saturated rings. The van der Waals surface area contributed by atoms with E-state index in [9.17, 15) is 0 Å². The van der Waals surface area contributed by atoms with E-state index in [-0.39, 0.29) is 5.60 Å². The monoisotopic (exact) mass is 210 g/mol. The van der Waals surface area contributed by atoms with Crippen LogP contribution in [0.4, 0.5) is 0 Å². The van der Waals surface area contributed by atoms with Crippen molar-refractivity contribution >= 4 is 15.9 Å². The Balaban J connectivity index is 2.04. The maximum atomic E-state index is 8.92. The van der Waals surface area contributed by atoms with Crippen LogP contribution in [0.15, 0.2) is 0 Å². The van der Waals surface area contributed by atoms with Gasteiger partial charge in [-0.3, -0.25) is 0 Å². The van der Waals surface area contributed by atoms with Crippen LogP contribution in [0.2, 0.25) is 0 Å². The third-order valence-corrected chi connectivity index (χ3v) is 1.90. The molecule has 0 aromatic rings. The Morgan fingerprint density at radius 1 is 1.90 bits per heavy atom. The van der Waals surface area contributed by atoms with Crippen LogP contribution in [0, 0.1) is 0 Å².